The van der Waals surface area contributed by atoms with Crippen molar-refractivity contribution in [2.24, 2.45) is 5.73 Å². The summed E-state index contributed by atoms with van der Waals surface area (Å²) in [5.41, 5.74) is 4.63. The van der Waals surface area contributed by atoms with Crippen molar-refractivity contribution in [3.05, 3.63) is 35.9 Å². The Morgan fingerprint density at radius 1 is 1.31 bits per heavy atom. The largest absolute Gasteiger partial charge is 0.467 e. The van der Waals surface area contributed by atoms with Crippen LogP contribution in [0.3, 0.4) is 0 Å². The van der Waals surface area contributed by atoms with Crippen LogP contribution in [-0.2, 0) is 9.53 Å². The highest BCUT2D eigenvalue weighted by Crippen LogP contribution is 2.16. The van der Waals surface area contributed by atoms with Crippen molar-refractivity contribution in [1.82, 2.24) is 0 Å². The van der Waals surface area contributed by atoms with Crippen LogP contribution in [0.25, 0.3) is 0 Å². The maximum absolute atomic E-state index is 12.1. The predicted octanol–water partition coefficient (Wildman–Crippen LogP) is 1.15. The van der Waals surface area contributed by atoms with E-state index >= 15 is 0 Å². The minimum absolute atomic E-state index is 0.202. The Labute approximate surface area is 94.4 Å². The van der Waals surface area contributed by atoms with Crippen molar-refractivity contribution in [2.45, 2.75) is 18.9 Å². The molecule has 4 heteroatoms. The van der Waals surface area contributed by atoms with E-state index in [4.69, 9.17) is 5.73 Å². The number of carbonyl (C=O) groups excluding carboxylic acids is 2. The number of nitrogens with two attached hydrogens (primary N) is 1. The van der Waals surface area contributed by atoms with Gasteiger partial charge in [0.05, 0.1) is 7.11 Å². The third kappa shape index (κ3) is 2.12. The summed E-state index contributed by atoms with van der Waals surface area (Å²) in [6, 6.07) is 8.49. The highest BCUT2D eigenvalue weighted by atomic mass is 16.5. The summed E-state index contributed by atoms with van der Waals surface area (Å²) in [5, 5.41) is 0. The van der Waals surface area contributed by atoms with Gasteiger partial charge in [0, 0.05) is 5.56 Å². The highest BCUT2D eigenvalue weighted by Gasteiger charge is 2.41. The van der Waals surface area contributed by atoms with Crippen LogP contribution in [0.5, 0.6) is 0 Å². The molecule has 4 nitrogen and oxygen atoms in total. The van der Waals surface area contributed by atoms with Crippen molar-refractivity contribution >= 4 is 11.8 Å². The first-order chi connectivity index (χ1) is 7.56. The molecule has 0 heterocycles. The summed E-state index contributed by atoms with van der Waals surface area (Å²) in [6.45, 7) is 1.68. The molecule has 0 aliphatic heterocycles. The summed E-state index contributed by atoms with van der Waals surface area (Å²) in [5.74, 6) is -1.12. The zero-order valence-electron chi connectivity index (χ0n) is 9.40. The molecule has 0 aromatic heterocycles. The Kier molecular flexibility index (Phi) is 3.79. The number of hydrogen-bond acceptors (Lipinski definition) is 4. The Hall–Kier alpha value is -1.68. The maximum atomic E-state index is 12.1. The van der Waals surface area contributed by atoms with Crippen molar-refractivity contribution in [3.63, 3.8) is 0 Å². The van der Waals surface area contributed by atoms with Gasteiger partial charge in [-0.25, -0.2) is 4.79 Å². The first-order valence-corrected chi connectivity index (χ1v) is 5.03. The lowest BCUT2D eigenvalue weighted by molar-refractivity contribution is -0.145. The number of ketones is 1. The molecule has 86 valence electrons. The quantitative estimate of drug-likeness (QED) is 0.470. The van der Waals surface area contributed by atoms with Gasteiger partial charge in [0.1, 0.15) is 0 Å². The Bertz CT molecular complexity index is 389. The van der Waals surface area contributed by atoms with Crippen LogP contribution < -0.4 is 5.73 Å². The number of Topliss-reactive ketones (excluding diaryl/α,β-unsaturated/α-hetero) is 1. The SMILES string of the molecule is CCC(N)(C(=O)OC)C(=O)c1ccccc1. The predicted molar refractivity (Wildman–Crippen MR) is 60.0 cm³/mol. The van der Waals surface area contributed by atoms with Gasteiger partial charge in [0.25, 0.3) is 0 Å². The van der Waals surface area contributed by atoms with E-state index in [9.17, 15) is 9.59 Å². The molecule has 1 rings (SSSR count). The van der Waals surface area contributed by atoms with Gasteiger partial charge >= 0.3 is 5.97 Å². The molecule has 1 aromatic carbocycles. The van der Waals surface area contributed by atoms with E-state index in [1.807, 2.05) is 0 Å². The van der Waals surface area contributed by atoms with E-state index in [-0.39, 0.29) is 6.42 Å². The Morgan fingerprint density at radius 3 is 2.31 bits per heavy atom. The molecule has 0 radical (unpaired) electrons. The summed E-state index contributed by atoms with van der Waals surface area (Å²) in [7, 11) is 1.22. The Morgan fingerprint density at radius 2 is 1.88 bits per heavy atom. The van der Waals surface area contributed by atoms with Crippen molar-refractivity contribution in [3.8, 4) is 0 Å². The smallest absolute Gasteiger partial charge is 0.334 e. The van der Waals surface area contributed by atoms with Gasteiger partial charge in [-0.05, 0) is 6.42 Å². The Balaban J connectivity index is 3.07. The molecule has 0 saturated heterocycles. The fourth-order valence-electron chi connectivity index (χ4n) is 1.43. The maximum Gasteiger partial charge on any atom is 0.334 e. The summed E-state index contributed by atoms with van der Waals surface area (Å²) in [4.78, 5) is 23.6. The van der Waals surface area contributed by atoms with Crippen molar-refractivity contribution in [1.29, 1.82) is 0 Å². The molecule has 0 fully saturated rings. The second-order valence-corrected chi connectivity index (χ2v) is 3.51. The van der Waals surface area contributed by atoms with E-state index in [2.05, 4.69) is 4.74 Å². The van der Waals surface area contributed by atoms with E-state index < -0.39 is 17.3 Å². The number of benzene rings is 1. The molecule has 0 aliphatic carbocycles. The fraction of sp³-hybridized carbons (Fsp3) is 0.333. The number of ether oxygens (including phenoxy) is 1. The minimum Gasteiger partial charge on any atom is -0.467 e. The number of hydrogen-bond donors (Lipinski definition) is 1. The van der Waals surface area contributed by atoms with E-state index in [1.165, 1.54) is 7.11 Å². The lowest BCUT2D eigenvalue weighted by Crippen LogP contribution is -2.55. The summed E-state index contributed by atoms with van der Waals surface area (Å²) < 4.78 is 4.56. The fourth-order valence-corrected chi connectivity index (χ4v) is 1.43. The minimum atomic E-state index is -1.59. The number of rotatable bonds is 4. The van der Waals surface area contributed by atoms with Gasteiger partial charge in [0.2, 0.25) is 0 Å². The molecular weight excluding hydrogens is 206 g/mol. The van der Waals surface area contributed by atoms with Crippen LogP contribution in [0, 0.1) is 0 Å². The molecule has 0 bridgehead atoms. The van der Waals surface area contributed by atoms with Gasteiger partial charge in [-0.15, -0.1) is 0 Å². The molecule has 0 aliphatic rings. The van der Waals surface area contributed by atoms with Crippen LogP contribution in [0.15, 0.2) is 30.3 Å². The summed E-state index contributed by atoms with van der Waals surface area (Å²) >= 11 is 0. The van der Waals surface area contributed by atoms with Crippen LogP contribution in [-0.4, -0.2) is 24.4 Å². The first-order valence-electron chi connectivity index (χ1n) is 5.03. The van der Waals surface area contributed by atoms with Crippen LogP contribution >= 0.6 is 0 Å². The van der Waals surface area contributed by atoms with Crippen LogP contribution in [0.1, 0.15) is 23.7 Å². The molecule has 0 spiro atoms. The standard InChI is InChI=1S/C12H15NO3/c1-3-12(13,11(15)16-2)10(14)9-7-5-4-6-8-9/h4-8H,3,13H2,1-2H3. The van der Waals surface area contributed by atoms with E-state index in [1.54, 1.807) is 37.3 Å². The molecular formula is C12H15NO3. The topological polar surface area (TPSA) is 69.4 Å². The summed E-state index contributed by atoms with van der Waals surface area (Å²) in [6.07, 6.45) is 0.202. The third-order valence-corrected chi connectivity index (χ3v) is 2.55. The highest BCUT2D eigenvalue weighted by molar-refractivity contribution is 6.16. The third-order valence-electron chi connectivity index (χ3n) is 2.55. The monoisotopic (exact) mass is 221 g/mol. The lowest BCUT2D eigenvalue weighted by atomic mass is 9.88. The second-order valence-electron chi connectivity index (χ2n) is 3.51. The molecule has 1 aromatic rings. The van der Waals surface area contributed by atoms with Gasteiger partial charge in [-0.3, -0.25) is 4.79 Å². The number of esters is 1. The number of carbonyl (C=O) groups is 2. The average Bonchev–Trinajstić information content (AvgIpc) is 2.36. The lowest BCUT2D eigenvalue weighted by Gasteiger charge is -2.23. The average molecular weight is 221 g/mol. The van der Waals surface area contributed by atoms with E-state index in [0.29, 0.717) is 5.56 Å². The van der Waals surface area contributed by atoms with E-state index in [0.717, 1.165) is 0 Å². The van der Waals surface area contributed by atoms with Gasteiger partial charge in [-0.1, -0.05) is 37.3 Å². The molecule has 1 atom stereocenters. The van der Waals surface area contributed by atoms with Gasteiger partial charge < -0.3 is 10.5 Å². The van der Waals surface area contributed by atoms with Crippen LogP contribution in [0.4, 0.5) is 0 Å². The first kappa shape index (κ1) is 12.4. The molecule has 1 unspecified atom stereocenters. The zero-order valence-corrected chi connectivity index (χ0v) is 9.40. The van der Waals surface area contributed by atoms with Gasteiger partial charge in [-0.2, -0.15) is 0 Å². The van der Waals surface area contributed by atoms with Gasteiger partial charge in [0.15, 0.2) is 11.3 Å². The zero-order chi connectivity index (χ0) is 12.2. The molecule has 16 heavy (non-hydrogen) atoms. The normalized spacial score (nSPS) is 13.9. The van der Waals surface area contributed by atoms with Crippen molar-refractivity contribution in [2.75, 3.05) is 7.11 Å². The number of methoxy groups -OCH3 is 1. The van der Waals surface area contributed by atoms with Crippen LogP contribution in [0.2, 0.25) is 0 Å². The molecule has 0 saturated carbocycles. The second kappa shape index (κ2) is 4.90. The molecule has 0 amide bonds. The molecule has 2 N–H and O–H groups in total. The van der Waals surface area contributed by atoms with Crippen molar-refractivity contribution < 1.29 is 14.3 Å².